The van der Waals surface area contributed by atoms with Crippen molar-refractivity contribution < 1.29 is 19.5 Å². The molecule has 7 nitrogen and oxygen atoms in total. The summed E-state index contributed by atoms with van der Waals surface area (Å²) in [5.74, 6) is -1.63. The highest BCUT2D eigenvalue weighted by Crippen LogP contribution is 2.15. The van der Waals surface area contributed by atoms with Gasteiger partial charge in [0.25, 0.3) is 0 Å². The zero-order valence-electron chi connectivity index (χ0n) is 11.0. The quantitative estimate of drug-likeness (QED) is 0.504. The van der Waals surface area contributed by atoms with Gasteiger partial charge in [-0.25, -0.2) is 4.79 Å². The van der Waals surface area contributed by atoms with E-state index in [1.54, 1.807) is 0 Å². The number of amides is 2. The van der Waals surface area contributed by atoms with Gasteiger partial charge in [0.2, 0.25) is 11.8 Å². The Bertz CT molecular complexity index is 359. The molecular weight excluding hydrogens is 250 g/mol. The summed E-state index contributed by atoms with van der Waals surface area (Å²) in [6.45, 7) is 2.81. The maximum Gasteiger partial charge on any atom is 0.326 e. The first-order chi connectivity index (χ1) is 8.90. The third-order valence-electron chi connectivity index (χ3n) is 3.28. The molecule has 0 saturated carbocycles. The van der Waals surface area contributed by atoms with Crippen molar-refractivity contribution in [3.63, 3.8) is 0 Å². The lowest BCUT2D eigenvalue weighted by atomic mass is 9.93. The molecule has 0 bridgehead atoms. The van der Waals surface area contributed by atoms with Crippen LogP contribution in [0, 0.1) is 5.92 Å². The Hall–Kier alpha value is -1.63. The lowest BCUT2D eigenvalue weighted by Gasteiger charge is -2.28. The van der Waals surface area contributed by atoms with Crippen LogP contribution in [0.4, 0.5) is 0 Å². The van der Waals surface area contributed by atoms with Gasteiger partial charge in [0.15, 0.2) is 0 Å². The predicted octanol–water partition coefficient (Wildman–Crippen LogP) is -0.791. The molecular formula is C12H21N3O4. The molecule has 3 atom stereocenters. The van der Waals surface area contributed by atoms with Crippen LogP contribution in [0.5, 0.6) is 0 Å². The molecule has 0 aromatic carbocycles. The highest BCUT2D eigenvalue weighted by Gasteiger charge is 2.28. The van der Waals surface area contributed by atoms with Gasteiger partial charge in [-0.05, 0) is 31.7 Å². The second kappa shape index (κ2) is 7.08. The van der Waals surface area contributed by atoms with E-state index in [1.807, 2.05) is 0 Å². The van der Waals surface area contributed by atoms with Gasteiger partial charge in [0, 0.05) is 6.42 Å². The van der Waals surface area contributed by atoms with Gasteiger partial charge in [-0.15, -0.1) is 0 Å². The summed E-state index contributed by atoms with van der Waals surface area (Å²) in [6, 6.07) is -1.43. The lowest BCUT2D eigenvalue weighted by molar-refractivity contribution is -0.142. The number of hydrogen-bond donors (Lipinski definition) is 4. The van der Waals surface area contributed by atoms with E-state index in [0.717, 1.165) is 13.0 Å². The molecule has 1 aliphatic rings. The van der Waals surface area contributed by atoms with Gasteiger partial charge in [-0.3, -0.25) is 9.59 Å². The predicted molar refractivity (Wildman–Crippen MR) is 68.2 cm³/mol. The summed E-state index contributed by atoms with van der Waals surface area (Å²) in [4.78, 5) is 33.6. The number of carbonyl (C=O) groups is 3. The van der Waals surface area contributed by atoms with E-state index in [-0.39, 0.29) is 24.8 Å². The topological polar surface area (TPSA) is 122 Å². The fourth-order valence-corrected chi connectivity index (χ4v) is 2.12. The molecule has 1 aliphatic heterocycles. The largest absolute Gasteiger partial charge is 0.480 e. The number of hydrogen-bond acceptors (Lipinski definition) is 4. The second-order valence-electron chi connectivity index (χ2n) is 5.04. The number of nitrogens with two attached hydrogens (primary N) is 1. The minimum Gasteiger partial charge on any atom is -0.480 e. The molecule has 1 rings (SSSR count). The maximum absolute atomic E-state index is 12.0. The summed E-state index contributed by atoms with van der Waals surface area (Å²) in [6.07, 6.45) is 1.65. The Morgan fingerprint density at radius 1 is 1.47 bits per heavy atom. The number of carbonyl (C=O) groups excluding carboxylic acids is 2. The molecule has 0 aliphatic carbocycles. The molecule has 1 fully saturated rings. The molecule has 108 valence electrons. The number of carboxylic acid groups (broad SMARTS) is 1. The van der Waals surface area contributed by atoms with Gasteiger partial charge in [0.05, 0.1) is 6.04 Å². The smallest absolute Gasteiger partial charge is 0.326 e. The van der Waals surface area contributed by atoms with Gasteiger partial charge in [-0.1, -0.05) is 6.92 Å². The Labute approximate surface area is 111 Å². The monoisotopic (exact) mass is 271 g/mol. The molecule has 5 N–H and O–H groups in total. The van der Waals surface area contributed by atoms with E-state index in [0.29, 0.717) is 12.3 Å². The van der Waals surface area contributed by atoms with Crippen LogP contribution in [0.15, 0.2) is 0 Å². The highest BCUT2D eigenvalue weighted by atomic mass is 16.4. The molecule has 0 aromatic rings. The fraction of sp³-hybridized carbons (Fsp3) is 0.750. The van der Waals surface area contributed by atoms with Crippen molar-refractivity contribution in [1.29, 1.82) is 0 Å². The van der Waals surface area contributed by atoms with Gasteiger partial charge in [-0.2, -0.15) is 0 Å². The number of carboxylic acids is 1. The van der Waals surface area contributed by atoms with E-state index in [9.17, 15) is 14.4 Å². The van der Waals surface area contributed by atoms with Gasteiger partial charge in [0.1, 0.15) is 6.04 Å². The van der Waals surface area contributed by atoms with Crippen molar-refractivity contribution in [3.8, 4) is 0 Å². The number of piperidine rings is 1. The van der Waals surface area contributed by atoms with Crippen LogP contribution in [0.3, 0.4) is 0 Å². The van der Waals surface area contributed by atoms with E-state index >= 15 is 0 Å². The van der Waals surface area contributed by atoms with Crippen molar-refractivity contribution in [3.05, 3.63) is 0 Å². The van der Waals surface area contributed by atoms with Gasteiger partial charge >= 0.3 is 5.97 Å². The van der Waals surface area contributed by atoms with Crippen LogP contribution < -0.4 is 16.4 Å². The molecule has 2 unspecified atom stereocenters. The van der Waals surface area contributed by atoms with Crippen LogP contribution in [0.1, 0.15) is 32.6 Å². The van der Waals surface area contributed by atoms with E-state index in [4.69, 9.17) is 10.8 Å². The minimum atomic E-state index is -1.15. The second-order valence-corrected chi connectivity index (χ2v) is 5.04. The van der Waals surface area contributed by atoms with Crippen LogP contribution in [0.2, 0.25) is 0 Å². The zero-order chi connectivity index (χ0) is 14.4. The molecule has 0 radical (unpaired) electrons. The lowest BCUT2D eigenvalue weighted by Crippen LogP contribution is -2.52. The number of primary amides is 1. The van der Waals surface area contributed by atoms with E-state index in [2.05, 4.69) is 17.6 Å². The third kappa shape index (κ3) is 5.25. The van der Waals surface area contributed by atoms with Crippen molar-refractivity contribution in [1.82, 2.24) is 10.6 Å². The Morgan fingerprint density at radius 3 is 2.68 bits per heavy atom. The van der Waals surface area contributed by atoms with Crippen molar-refractivity contribution in [2.45, 2.75) is 44.7 Å². The normalized spacial score (nSPS) is 24.5. The molecule has 1 heterocycles. The number of rotatable bonds is 6. The van der Waals surface area contributed by atoms with Crippen LogP contribution in [-0.4, -0.2) is 41.5 Å². The molecule has 1 saturated heterocycles. The SMILES string of the molecule is CC1CCNC(C(=O)N[C@H](CCC(N)=O)C(=O)O)C1. The first-order valence-corrected chi connectivity index (χ1v) is 6.45. The first-order valence-electron chi connectivity index (χ1n) is 6.45. The van der Waals surface area contributed by atoms with Crippen LogP contribution >= 0.6 is 0 Å². The van der Waals surface area contributed by atoms with Crippen LogP contribution in [-0.2, 0) is 14.4 Å². The minimum absolute atomic E-state index is 0.0126. The average Bonchev–Trinajstić information content (AvgIpc) is 2.33. The average molecular weight is 271 g/mol. The van der Waals surface area contributed by atoms with E-state index in [1.165, 1.54) is 0 Å². The van der Waals surface area contributed by atoms with Crippen LogP contribution in [0.25, 0.3) is 0 Å². The Balaban J connectivity index is 2.50. The zero-order valence-corrected chi connectivity index (χ0v) is 11.0. The fourth-order valence-electron chi connectivity index (χ4n) is 2.12. The highest BCUT2D eigenvalue weighted by molar-refractivity contribution is 5.87. The summed E-state index contributed by atoms with van der Waals surface area (Å²) in [5.41, 5.74) is 4.98. The van der Waals surface area contributed by atoms with E-state index < -0.39 is 17.9 Å². The maximum atomic E-state index is 12.0. The third-order valence-corrected chi connectivity index (χ3v) is 3.28. The van der Waals surface area contributed by atoms with Crippen molar-refractivity contribution in [2.75, 3.05) is 6.54 Å². The molecule has 0 spiro atoms. The molecule has 0 aromatic heterocycles. The first kappa shape index (κ1) is 15.4. The molecule has 2 amide bonds. The molecule has 19 heavy (non-hydrogen) atoms. The van der Waals surface area contributed by atoms with Crippen molar-refractivity contribution in [2.24, 2.45) is 11.7 Å². The summed E-state index contributed by atoms with van der Waals surface area (Å²) < 4.78 is 0. The summed E-state index contributed by atoms with van der Waals surface area (Å²) >= 11 is 0. The van der Waals surface area contributed by atoms with Gasteiger partial charge < -0.3 is 21.5 Å². The van der Waals surface area contributed by atoms with Crippen molar-refractivity contribution >= 4 is 17.8 Å². The standard InChI is InChI=1S/C12H21N3O4/c1-7-4-5-14-9(6-7)11(17)15-8(12(18)19)2-3-10(13)16/h7-9,14H,2-6H2,1H3,(H2,13,16)(H,15,17)(H,18,19)/t7?,8-,9?/m1/s1. The summed E-state index contributed by atoms with van der Waals surface area (Å²) in [7, 11) is 0. The Kier molecular flexibility index (Phi) is 5.75. The summed E-state index contributed by atoms with van der Waals surface area (Å²) in [5, 5.41) is 14.5. The molecule has 7 heteroatoms. The number of nitrogens with one attached hydrogen (secondary N) is 2. The number of aliphatic carboxylic acids is 1. The Morgan fingerprint density at radius 2 is 2.16 bits per heavy atom.